The van der Waals surface area contributed by atoms with Gasteiger partial charge in [0, 0.05) is 44.2 Å². The Morgan fingerprint density at radius 2 is 1.65 bits per heavy atom. The number of alkyl halides is 3. The number of benzene rings is 1. The molecular weight excluding hydrogens is 347 g/mol. The van der Waals surface area contributed by atoms with Crippen molar-refractivity contribution in [3.63, 3.8) is 0 Å². The lowest BCUT2D eigenvalue weighted by atomic mass is 10.1. The fraction of sp³-hybridized carbons (Fsp3) is 0.556. The van der Waals surface area contributed by atoms with Gasteiger partial charge in [0.05, 0.1) is 5.56 Å². The second-order valence-corrected chi connectivity index (χ2v) is 6.75. The van der Waals surface area contributed by atoms with Gasteiger partial charge in [-0.1, -0.05) is 0 Å². The summed E-state index contributed by atoms with van der Waals surface area (Å²) in [5, 5.41) is 3.30. The minimum Gasteiger partial charge on any atom is -0.339 e. The molecule has 0 aliphatic carbocycles. The average Bonchev–Trinajstić information content (AvgIpc) is 3.13. The zero-order chi connectivity index (χ0) is 18.7. The molecule has 1 N–H and O–H groups in total. The Bertz CT molecular complexity index is 647. The van der Waals surface area contributed by atoms with Crippen LogP contribution in [0.3, 0.4) is 0 Å². The molecule has 0 aromatic heterocycles. The van der Waals surface area contributed by atoms with E-state index in [-0.39, 0.29) is 23.4 Å². The molecule has 0 bridgehead atoms. The third-order valence-corrected chi connectivity index (χ3v) is 4.96. The summed E-state index contributed by atoms with van der Waals surface area (Å²) in [7, 11) is 0. The van der Waals surface area contributed by atoms with Gasteiger partial charge >= 0.3 is 6.18 Å². The number of nitrogens with one attached hydrogen (secondary N) is 1. The number of amides is 2. The molecule has 1 atom stereocenters. The van der Waals surface area contributed by atoms with Crippen molar-refractivity contribution >= 4 is 11.8 Å². The number of carbonyl (C=O) groups is 2. The van der Waals surface area contributed by atoms with E-state index < -0.39 is 11.7 Å². The van der Waals surface area contributed by atoms with E-state index in [4.69, 9.17) is 0 Å². The predicted octanol–water partition coefficient (Wildman–Crippen LogP) is 2.13. The van der Waals surface area contributed by atoms with Crippen molar-refractivity contribution in [1.82, 2.24) is 15.1 Å². The van der Waals surface area contributed by atoms with Gasteiger partial charge < -0.3 is 15.1 Å². The maximum absolute atomic E-state index is 12.6. The Hall–Kier alpha value is -2.09. The van der Waals surface area contributed by atoms with Gasteiger partial charge in [-0.25, -0.2) is 0 Å². The van der Waals surface area contributed by atoms with E-state index in [1.165, 1.54) is 12.1 Å². The maximum atomic E-state index is 12.6. The summed E-state index contributed by atoms with van der Waals surface area (Å²) < 4.78 is 37.8. The molecular formula is C18H22F3N3O2. The van der Waals surface area contributed by atoms with Crippen LogP contribution in [0.5, 0.6) is 0 Å². The molecule has 2 fully saturated rings. The SMILES string of the molecule is O=C(CC1CCCN1)N1CCN(C(=O)c2ccc(C(F)(F)F)cc2)CC1. The molecule has 3 rings (SSSR count). The number of rotatable bonds is 3. The van der Waals surface area contributed by atoms with E-state index in [1.54, 1.807) is 9.80 Å². The number of piperazine rings is 1. The average molecular weight is 369 g/mol. The molecule has 0 saturated carbocycles. The fourth-order valence-electron chi connectivity index (χ4n) is 3.41. The summed E-state index contributed by atoms with van der Waals surface area (Å²) in [5.74, 6) is -0.214. The fourth-order valence-corrected chi connectivity index (χ4v) is 3.41. The van der Waals surface area contributed by atoms with Crippen LogP contribution >= 0.6 is 0 Å². The summed E-state index contributed by atoms with van der Waals surface area (Å²) in [6, 6.07) is 4.49. The molecule has 1 unspecified atom stereocenters. The van der Waals surface area contributed by atoms with E-state index in [9.17, 15) is 22.8 Å². The van der Waals surface area contributed by atoms with Gasteiger partial charge in [0.1, 0.15) is 0 Å². The minimum atomic E-state index is -4.41. The Kier molecular flexibility index (Phi) is 5.50. The van der Waals surface area contributed by atoms with Crippen LogP contribution in [-0.2, 0) is 11.0 Å². The summed E-state index contributed by atoms with van der Waals surface area (Å²) in [4.78, 5) is 28.1. The Morgan fingerprint density at radius 1 is 1.04 bits per heavy atom. The molecule has 0 spiro atoms. The van der Waals surface area contributed by atoms with Crippen molar-refractivity contribution < 1.29 is 22.8 Å². The highest BCUT2D eigenvalue weighted by molar-refractivity contribution is 5.94. The van der Waals surface area contributed by atoms with Crippen LogP contribution in [0.4, 0.5) is 13.2 Å². The summed E-state index contributed by atoms with van der Waals surface area (Å²) in [6.45, 7) is 2.65. The van der Waals surface area contributed by atoms with Crippen LogP contribution in [-0.4, -0.2) is 60.4 Å². The van der Waals surface area contributed by atoms with Gasteiger partial charge in [-0.3, -0.25) is 9.59 Å². The van der Waals surface area contributed by atoms with Gasteiger partial charge in [-0.15, -0.1) is 0 Å². The van der Waals surface area contributed by atoms with Crippen LogP contribution in [0.2, 0.25) is 0 Å². The highest BCUT2D eigenvalue weighted by Gasteiger charge is 2.31. The summed E-state index contributed by atoms with van der Waals surface area (Å²) in [6.07, 6.45) is -1.83. The first-order chi connectivity index (χ1) is 12.3. The zero-order valence-electron chi connectivity index (χ0n) is 14.4. The van der Waals surface area contributed by atoms with Crippen molar-refractivity contribution in [3.05, 3.63) is 35.4 Å². The van der Waals surface area contributed by atoms with E-state index in [2.05, 4.69) is 5.32 Å². The van der Waals surface area contributed by atoms with Gasteiger partial charge in [0.15, 0.2) is 0 Å². The standard InChI is InChI=1S/C18H22F3N3O2/c19-18(20,21)14-5-3-13(4-6-14)17(26)24-10-8-23(9-11-24)16(25)12-15-2-1-7-22-15/h3-6,15,22H,1-2,7-12H2. The van der Waals surface area contributed by atoms with Gasteiger partial charge in [0.25, 0.3) is 5.91 Å². The van der Waals surface area contributed by atoms with Crippen LogP contribution in [0, 0.1) is 0 Å². The lowest BCUT2D eigenvalue weighted by Crippen LogP contribution is -2.51. The van der Waals surface area contributed by atoms with Crippen LogP contribution < -0.4 is 5.32 Å². The Labute approximate surface area is 150 Å². The molecule has 2 aliphatic heterocycles. The van der Waals surface area contributed by atoms with E-state index in [0.717, 1.165) is 31.5 Å². The molecule has 1 aromatic carbocycles. The number of halogens is 3. The van der Waals surface area contributed by atoms with Crippen molar-refractivity contribution in [2.45, 2.75) is 31.5 Å². The molecule has 1 aromatic rings. The van der Waals surface area contributed by atoms with Crippen molar-refractivity contribution in [1.29, 1.82) is 0 Å². The molecule has 5 nitrogen and oxygen atoms in total. The second kappa shape index (κ2) is 7.65. The second-order valence-electron chi connectivity index (χ2n) is 6.75. The predicted molar refractivity (Wildman–Crippen MR) is 89.6 cm³/mol. The lowest BCUT2D eigenvalue weighted by molar-refractivity contribution is -0.137. The molecule has 8 heteroatoms. The lowest BCUT2D eigenvalue weighted by Gasteiger charge is -2.35. The minimum absolute atomic E-state index is 0.0889. The van der Waals surface area contributed by atoms with Crippen LogP contribution in [0.15, 0.2) is 24.3 Å². The van der Waals surface area contributed by atoms with Crippen LogP contribution in [0.1, 0.15) is 35.2 Å². The molecule has 2 heterocycles. The van der Waals surface area contributed by atoms with E-state index in [1.807, 2.05) is 0 Å². The third kappa shape index (κ3) is 4.35. The maximum Gasteiger partial charge on any atom is 0.416 e. The van der Waals surface area contributed by atoms with Crippen molar-refractivity contribution in [2.24, 2.45) is 0 Å². The van der Waals surface area contributed by atoms with Gasteiger partial charge in [-0.2, -0.15) is 13.2 Å². The first-order valence-corrected chi connectivity index (χ1v) is 8.82. The third-order valence-electron chi connectivity index (χ3n) is 4.96. The number of hydrogen-bond donors (Lipinski definition) is 1. The highest BCUT2D eigenvalue weighted by Crippen LogP contribution is 2.29. The topological polar surface area (TPSA) is 52.7 Å². The largest absolute Gasteiger partial charge is 0.416 e. The van der Waals surface area contributed by atoms with Crippen LogP contribution in [0.25, 0.3) is 0 Å². The number of hydrogen-bond acceptors (Lipinski definition) is 3. The van der Waals surface area contributed by atoms with Gasteiger partial charge in [-0.05, 0) is 43.7 Å². The molecule has 2 amide bonds. The molecule has 2 aliphatic rings. The molecule has 142 valence electrons. The Morgan fingerprint density at radius 3 is 2.19 bits per heavy atom. The normalized spacial score (nSPS) is 21.1. The summed E-state index contributed by atoms with van der Waals surface area (Å²) in [5.41, 5.74) is -0.544. The monoisotopic (exact) mass is 369 g/mol. The highest BCUT2D eigenvalue weighted by atomic mass is 19.4. The number of nitrogens with zero attached hydrogens (tertiary/aromatic N) is 2. The zero-order valence-corrected chi connectivity index (χ0v) is 14.4. The van der Waals surface area contributed by atoms with Crippen molar-refractivity contribution in [2.75, 3.05) is 32.7 Å². The van der Waals surface area contributed by atoms with Crippen molar-refractivity contribution in [3.8, 4) is 0 Å². The quantitative estimate of drug-likeness (QED) is 0.888. The summed E-state index contributed by atoms with van der Waals surface area (Å²) >= 11 is 0. The van der Waals surface area contributed by atoms with E-state index >= 15 is 0 Å². The molecule has 26 heavy (non-hydrogen) atoms. The molecule has 2 saturated heterocycles. The first kappa shape index (κ1) is 18.7. The molecule has 0 radical (unpaired) electrons. The van der Waals surface area contributed by atoms with E-state index in [0.29, 0.717) is 32.6 Å². The number of carbonyl (C=O) groups excluding carboxylic acids is 2. The first-order valence-electron chi connectivity index (χ1n) is 8.82. The van der Waals surface area contributed by atoms with Gasteiger partial charge in [0.2, 0.25) is 5.91 Å². The smallest absolute Gasteiger partial charge is 0.339 e. The Balaban J connectivity index is 1.52.